The van der Waals surface area contributed by atoms with E-state index in [1.165, 1.54) is 5.56 Å². The predicted molar refractivity (Wildman–Crippen MR) is 202 cm³/mol. The summed E-state index contributed by atoms with van der Waals surface area (Å²) in [4.78, 5) is 10.3. The molecule has 0 spiro atoms. The van der Waals surface area contributed by atoms with Crippen LogP contribution in [0.3, 0.4) is 0 Å². The molecule has 3 nitrogen and oxygen atoms in total. The summed E-state index contributed by atoms with van der Waals surface area (Å²) in [5, 5.41) is 2.14. The third kappa shape index (κ3) is 5.58. The molecule has 3 heteroatoms. The molecule has 2 heterocycles. The van der Waals surface area contributed by atoms with Crippen molar-refractivity contribution in [3.63, 3.8) is 0 Å². The first-order chi connectivity index (χ1) is 24.2. The number of furan rings is 1. The van der Waals surface area contributed by atoms with E-state index < -0.39 is 0 Å². The number of aromatic nitrogens is 2. The molecule has 0 aliphatic carbocycles. The van der Waals surface area contributed by atoms with Crippen LogP contribution in [0.1, 0.15) is 0 Å². The molecular weight excluding hydrogens is 597 g/mol. The molecule has 0 atom stereocenters. The average molecular weight is 627 g/mol. The smallest absolute Gasteiger partial charge is 0.160 e. The molecular formula is C46H30N2O. The number of rotatable bonds is 6. The van der Waals surface area contributed by atoms with Gasteiger partial charge < -0.3 is 4.42 Å². The average Bonchev–Trinajstić information content (AvgIpc) is 3.56. The minimum atomic E-state index is 0.683. The van der Waals surface area contributed by atoms with Crippen molar-refractivity contribution in [2.45, 2.75) is 0 Å². The monoisotopic (exact) mass is 626 g/mol. The molecule has 0 radical (unpaired) electrons. The van der Waals surface area contributed by atoms with Crippen LogP contribution in [0.5, 0.6) is 0 Å². The molecule has 0 unspecified atom stereocenters. The van der Waals surface area contributed by atoms with Crippen molar-refractivity contribution < 1.29 is 4.42 Å². The van der Waals surface area contributed by atoms with E-state index in [0.29, 0.717) is 5.82 Å². The van der Waals surface area contributed by atoms with Gasteiger partial charge in [0.15, 0.2) is 5.82 Å². The Balaban J connectivity index is 1.24. The van der Waals surface area contributed by atoms with Crippen LogP contribution in [-0.2, 0) is 0 Å². The zero-order chi connectivity index (χ0) is 32.6. The van der Waals surface area contributed by atoms with Crippen molar-refractivity contribution in [1.29, 1.82) is 0 Å². The second-order valence-corrected chi connectivity index (χ2v) is 12.2. The van der Waals surface area contributed by atoms with Gasteiger partial charge in [0, 0.05) is 27.5 Å². The second-order valence-electron chi connectivity index (χ2n) is 12.2. The van der Waals surface area contributed by atoms with Crippen LogP contribution in [0.2, 0.25) is 0 Å². The van der Waals surface area contributed by atoms with Crippen LogP contribution in [0.25, 0.3) is 89.2 Å². The van der Waals surface area contributed by atoms with Crippen molar-refractivity contribution >= 4 is 21.9 Å². The lowest BCUT2D eigenvalue weighted by Crippen LogP contribution is -1.96. The molecule has 7 aromatic carbocycles. The molecule has 230 valence electrons. The van der Waals surface area contributed by atoms with E-state index >= 15 is 0 Å². The molecule has 0 saturated carbocycles. The lowest BCUT2D eigenvalue weighted by Gasteiger charge is -2.13. The van der Waals surface area contributed by atoms with Crippen LogP contribution in [0.15, 0.2) is 186 Å². The minimum Gasteiger partial charge on any atom is -0.456 e. The highest BCUT2D eigenvalue weighted by Crippen LogP contribution is 2.37. The molecule has 0 aliphatic rings. The zero-order valence-electron chi connectivity index (χ0n) is 26.6. The van der Waals surface area contributed by atoms with Gasteiger partial charge in [-0.05, 0) is 88.0 Å². The van der Waals surface area contributed by atoms with Gasteiger partial charge in [0.2, 0.25) is 0 Å². The fourth-order valence-electron chi connectivity index (χ4n) is 6.58. The van der Waals surface area contributed by atoms with Gasteiger partial charge in [-0.2, -0.15) is 0 Å². The maximum atomic E-state index is 6.30. The summed E-state index contributed by atoms with van der Waals surface area (Å²) in [6.45, 7) is 0. The Morgan fingerprint density at radius 1 is 0.286 bits per heavy atom. The Morgan fingerprint density at radius 2 is 0.694 bits per heavy atom. The van der Waals surface area contributed by atoms with Gasteiger partial charge in [-0.1, -0.05) is 127 Å². The molecule has 9 rings (SSSR count). The van der Waals surface area contributed by atoms with Crippen molar-refractivity contribution in [1.82, 2.24) is 9.97 Å². The molecule has 0 saturated heterocycles. The van der Waals surface area contributed by atoms with Crippen molar-refractivity contribution in [3.05, 3.63) is 182 Å². The Labute approximate surface area is 284 Å². The lowest BCUT2D eigenvalue weighted by atomic mass is 9.94. The molecule has 9 aromatic rings. The first-order valence-corrected chi connectivity index (χ1v) is 16.5. The van der Waals surface area contributed by atoms with Gasteiger partial charge >= 0.3 is 0 Å². The Hall–Kier alpha value is -6.58. The van der Waals surface area contributed by atoms with Crippen LogP contribution in [0.4, 0.5) is 0 Å². The fraction of sp³-hybridized carbons (Fsp3) is 0. The molecule has 0 N–H and O–H groups in total. The molecule has 49 heavy (non-hydrogen) atoms. The van der Waals surface area contributed by atoms with Gasteiger partial charge in [0.1, 0.15) is 11.2 Å². The quantitative estimate of drug-likeness (QED) is 0.184. The number of benzene rings is 7. The van der Waals surface area contributed by atoms with E-state index in [2.05, 4.69) is 158 Å². The summed E-state index contributed by atoms with van der Waals surface area (Å²) in [7, 11) is 0. The predicted octanol–water partition coefficient (Wildman–Crippen LogP) is 12.4. The lowest BCUT2D eigenvalue weighted by molar-refractivity contribution is 0.669. The maximum Gasteiger partial charge on any atom is 0.160 e. The van der Waals surface area contributed by atoms with E-state index in [4.69, 9.17) is 14.4 Å². The normalized spacial score (nSPS) is 11.3. The van der Waals surface area contributed by atoms with E-state index in [0.717, 1.165) is 77.8 Å². The third-order valence-corrected chi connectivity index (χ3v) is 9.07. The Bertz CT molecular complexity index is 2520. The molecule has 0 fully saturated rings. The van der Waals surface area contributed by atoms with Crippen molar-refractivity contribution in [3.8, 4) is 67.3 Å². The first-order valence-electron chi connectivity index (χ1n) is 16.5. The summed E-state index contributed by atoms with van der Waals surface area (Å²) in [6.07, 6.45) is 0. The van der Waals surface area contributed by atoms with Gasteiger partial charge in [0.05, 0.1) is 11.4 Å². The third-order valence-electron chi connectivity index (χ3n) is 9.07. The molecule has 0 amide bonds. The topological polar surface area (TPSA) is 38.9 Å². The second kappa shape index (κ2) is 12.2. The number of hydrogen-bond acceptors (Lipinski definition) is 3. The summed E-state index contributed by atoms with van der Waals surface area (Å²) in [6, 6.07) is 63.3. The SMILES string of the molecule is c1ccc(-c2cc(-c3ccccc3)cc(-c3cc(-c4ccc5oc6ccc(-c7ccccc7)cc6c5c4)nc(-c4ccccc4)n3)c2)cc1. The largest absolute Gasteiger partial charge is 0.456 e. The summed E-state index contributed by atoms with van der Waals surface area (Å²) >= 11 is 0. The summed E-state index contributed by atoms with van der Waals surface area (Å²) < 4.78 is 6.30. The summed E-state index contributed by atoms with van der Waals surface area (Å²) in [5.74, 6) is 0.683. The van der Waals surface area contributed by atoms with E-state index in [1.54, 1.807) is 0 Å². The van der Waals surface area contributed by atoms with E-state index in [1.807, 2.05) is 24.3 Å². The minimum absolute atomic E-state index is 0.683. The van der Waals surface area contributed by atoms with Gasteiger partial charge in [-0.3, -0.25) is 0 Å². The molecule has 0 bridgehead atoms. The standard InChI is InChI=1S/C46H30N2O/c1-5-13-31(14-6-1)35-21-23-44-40(28-35)41-29-36(22-24-45(41)49-44)42-30-43(48-46(47-42)34-19-11-4-12-20-34)39-26-37(32-15-7-2-8-16-32)25-38(27-39)33-17-9-3-10-18-33/h1-30H. The van der Waals surface area contributed by atoms with Gasteiger partial charge in [0.25, 0.3) is 0 Å². The zero-order valence-corrected chi connectivity index (χ0v) is 26.6. The highest BCUT2D eigenvalue weighted by atomic mass is 16.3. The number of fused-ring (bicyclic) bond motifs is 3. The van der Waals surface area contributed by atoms with Crippen LogP contribution >= 0.6 is 0 Å². The van der Waals surface area contributed by atoms with Gasteiger partial charge in [-0.15, -0.1) is 0 Å². The fourth-order valence-corrected chi connectivity index (χ4v) is 6.58. The highest BCUT2D eigenvalue weighted by molar-refractivity contribution is 6.07. The molecule has 2 aromatic heterocycles. The first kappa shape index (κ1) is 28.6. The maximum absolute atomic E-state index is 6.30. The number of nitrogens with zero attached hydrogens (tertiary/aromatic N) is 2. The van der Waals surface area contributed by atoms with E-state index in [-0.39, 0.29) is 0 Å². The Kier molecular flexibility index (Phi) is 7.14. The number of hydrogen-bond donors (Lipinski definition) is 0. The summed E-state index contributed by atoms with van der Waals surface area (Å²) in [5.41, 5.74) is 13.4. The van der Waals surface area contributed by atoms with Crippen molar-refractivity contribution in [2.24, 2.45) is 0 Å². The highest BCUT2D eigenvalue weighted by Gasteiger charge is 2.16. The van der Waals surface area contributed by atoms with Gasteiger partial charge in [-0.25, -0.2) is 9.97 Å². The van der Waals surface area contributed by atoms with Crippen LogP contribution < -0.4 is 0 Å². The Morgan fingerprint density at radius 3 is 1.22 bits per heavy atom. The van der Waals surface area contributed by atoms with Crippen LogP contribution in [-0.4, -0.2) is 9.97 Å². The molecule has 0 aliphatic heterocycles. The van der Waals surface area contributed by atoms with Crippen molar-refractivity contribution in [2.75, 3.05) is 0 Å². The van der Waals surface area contributed by atoms with E-state index in [9.17, 15) is 0 Å². The van der Waals surface area contributed by atoms with Crippen LogP contribution in [0, 0.1) is 0 Å².